The maximum absolute atomic E-state index is 11.1. The minimum absolute atomic E-state index is 0.167. The van der Waals surface area contributed by atoms with E-state index in [-0.39, 0.29) is 5.97 Å². The van der Waals surface area contributed by atoms with E-state index in [0.29, 0.717) is 13.0 Å². The fourth-order valence-corrected chi connectivity index (χ4v) is 1.91. The lowest BCUT2D eigenvalue weighted by atomic mass is 10.1. The third kappa shape index (κ3) is 5.30. The molecule has 0 aliphatic rings. The van der Waals surface area contributed by atoms with Crippen LogP contribution in [0.3, 0.4) is 0 Å². The minimum Gasteiger partial charge on any atom is -0.496 e. The van der Waals surface area contributed by atoms with Gasteiger partial charge in [0.25, 0.3) is 0 Å². The van der Waals surface area contributed by atoms with Gasteiger partial charge in [0.2, 0.25) is 0 Å². The molecule has 0 saturated heterocycles. The van der Waals surface area contributed by atoms with Crippen LogP contribution in [0, 0.1) is 6.92 Å². The average molecular weight is 265 g/mol. The van der Waals surface area contributed by atoms with Crippen molar-refractivity contribution in [3.05, 3.63) is 29.3 Å². The maximum atomic E-state index is 11.1. The summed E-state index contributed by atoms with van der Waals surface area (Å²) in [6.07, 6.45) is 1.33. The van der Waals surface area contributed by atoms with Crippen LogP contribution in [-0.4, -0.2) is 45.2 Å². The Morgan fingerprint density at radius 2 is 2.00 bits per heavy atom. The number of methoxy groups -OCH3 is 2. The lowest BCUT2D eigenvalue weighted by Crippen LogP contribution is -2.24. The van der Waals surface area contributed by atoms with E-state index in [4.69, 9.17) is 4.74 Å². The zero-order valence-electron chi connectivity index (χ0n) is 12.2. The highest BCUT2D eigenvalue weighted by molar-refractivity contribution is 5.69. The molecule has 0 fully saturated rings. The summed E-state index contributed by atoms with van der Waals surface area (Å²) in [4.78, 5) is 13.2. The Bertz CT molecular complexity index is 418. The number of benzene rings is 1. The van der Waals surface area contributed by atoms with Crippen molar-refractivity contribution < 1.29 is 14.3 Å². The summed E-state index contributed by atoms with van der Waals surface area (Å²) in [5.41, 5.74) is 2.43. The van der Waals surface area contributed by atoms with E-state index in [1.54, 1.807) is 7.11 Å². The first kappa shape index (κ1) is 15.5. The minimum atomic E-state index is -0.167. The molecule has 19 heavy (non-hydrogen) atoms. The molecule has 0 heterocycles. The van der Waals surface area contributed by atoms with E-state index in [2.05, 4.69) is 22.6 Å². The van der Waals surface area contributed by atoms with Gasteiger partial charge in [0.1, 0.15) is 5.75 Å². The zero-order valence-corrected chi connectivity index (χ0v) is 12.2. The first-order valence-corrected chi connectivity index (χ1v) is 6.45. The number of rotatable bonds is 7. The fraction of sp³-hybridized carbons (Fsp3) is 0.533. The van der Waals surface area contributed by atoms with E-state index < -0.39 is 0 Å². The second-order valence-corrected chi connectivity index (χ2v) is 4.69. The Kier molecular flexibility index (Phi) is 6.36. The lowest BCUT2D eigenvalue weighted by molar-refractivity contribution is -0.140. The summed E-state index contributed by atoms with van der Waals surface area (Å²) in [5.74, 6) is 0.756. The van der Waals surface area contributed by atoms with Gasteiger partial charge in [-0.3, -0.25) is 4.79 Å². The second kappa shape index (κ2) is 7.79. The van der Waals surface area contributed by atoms with Gasteiger partial charge in [-0.2, -0.15) is 0 Å². The molecule has 1 rings (SSSR count). The molecule has 0 unspecified atom stereocenters. The van der Waals surface area contributed by atoms with Gasteiger partial charge in [-0.05, 0) is 32.0 Å². The van der Waals surface area contributed by atoms with Crippen LogP contribution in [0.25, 0.3) is 0 Å². The third-order valence-corrected chi connectivity index (χ3v) is 3.12. The molecule has 0 bridgehead atoms. The quantitative estimate of drug-likeness (QED) is 0.707. The Morgan fingerprint density at radius 3 is 2.63 bits per heavy atom. The number of hydrogen-bond donors (Lipinski definition) is 0. The molecule has 0 spiro atoms. The Morgan fingerprint density at radius 1 is 1.26 bits per heavy atom. The van der Waals surface area contributed by atoms with Crippen LogP contribution in [0.5, 0.6) is 5.75 Å². The molecule has 4 heteroatoms. The standard InChI is InChI=1S/C15H23NO3/c1-12-5-6-14(18-3)13(11-12)7-9-16(2)10-8-15(17)19-4/h5-6,11H,7-10H2,1-4H3. The van der Waals surface area contributed by atoms with Crippen LogP contribution in [0.4, 0.5) is 0 Å². The van der Waals surface area contributed by atoms with Gasteiger partial charge >= 0.3 is 5.97 Å². The van der Waals surface area contributed by atoms with Gasteiger partial charge in [-0.1, -0.05) is 17.7 Å². The van der Waals surface area contributed by atoms with E-state index >= 15 is 0 Å². The molecular weight excluding hydrogens is 242 g/mol. The topological polar surface area (TPSA) is 38.8 Å². The van der Waals surface area contributed by atoms with Crippen LogP contribution in [0.15, 0.2) is 18.2 Å². The third-order valence-electron chi connectivity index (χ3n) is 3.12. The predicted molar refractivity (Wildman–Crippen MR) is 75.6 cm³/mol. The van der Waals surface area contributed by atoms with Crippen molar-refractivity contribution in [2.24, 2.45) is 0 Å². The number of ether oxygens (including phenoxy) is 2. The predicted octanol–water partition coefficient (Wildman–Crippen LogP) is 2.04. The molecule has 1 aromatic rings. The summed E-state index contributed by atoms with van der Waals surface area (Å²) in [5, 5.41) is 0. The summed E-state index contributed by atoms with van der Waals surface area (Å²) in [6, 6.07) is 6.19. The highest BCUT2D eigenvalue weighted by Crippen LogP contribution is 2.20. The molecule has 0 amide bonds. The molecule has 4 nitrogen and oxygen atoms in total. The van der Waals surface area contributed by atoms with E-state index in [0.717, 1.165) is 18.7 Å². The molecule has 0 saturated carbocycles. The van der Waals surface area contributed by atoms with Crippen molar-refractivity contribution in [2.45, 2.75) is 19.8 Å². The van der Waals surface area contributed by atoms with Gasteiger partial charge in [0.05, 0.1) is 20.6 Å². The number of carbonyl (C=O) groups is 1. The van der Waals surface area contributed by atoms with Crippen LogP contribution in [0.2, 0.25) is 0 Å². The summed E-state index contributed by atoms with van der Waals surface area (Å²) in [6.45, 7) is 3.67. The number of nitrogens with zero attached hydrogens (tertiary/aromatic N) is 1. The van der Waals surface area contributed by atoms with Crippen molar-refractivity contribution >= 4 is 5.97 Å². The molecule has 0 aromatic heterocycles. The van der Waals surface area contributed by atoms with Crippen LogP contribution >= 0.6 is 0 Å². The number of carbonyl (C=O) groups excluding carboxylic acids is 1. The molecule has 106 valence electrons. The fourth-order valence-electron chi connectivity index (χ4n) is 1.91. The van der Waals surface area contributed by atoms with Gasteiger partial charge < -0.3 is 14.4 Å². The number of aryl methyl sites for hydroxylation is 1. The Balaban J connectivity index is 2.47. The van der Waals surface area contributed by atoms with E-state index in [1.807, 2.05) is 19.2 Å². The molecule has 0 atom stereocenters. The summed E-state index contributed by atoms with van der Waals surface area (Å²) in [7, 11) is 5.11. The van der Waals surface area contributed by atoms with Crippen LogP contribution in [0.1, 0.15) is 17.5 Å². The molecular formula is C15H23NO3. The van der Waals surface area contributed by atoms with Crippen molar-refractivity contribution in [3.8, 4) is 5.75 Å². The molecule has 1 aromatic carbocycles. The lowest BCUT2D eigenvalue weighted by Gasteiger charge is -2.17. The molecule has 0 aliphatic heterocycles. The van der Waals surface area contributed by atoms with Crippen molar-refractivity contribution in [1.82, 2.24) is 4.90 Å². The van der Waals surface area contributed by atoms with Crippen LogP contribution < -0.4 is 4.74 Å². The SMILES string of the molecule is COC(=O)CCN(C)CCc1cc(C)ccc1OC. The molecule has 0 aliphatic carbocycles. The molecule has 0 radical (unpaired) electrons. The Hall–Kier alpha value is -1.55. The highest BCUT2D eigenvalue weighted by Gasteiger charge is 2.07. The van der Waals surface area contributed by atoms with Crippen LogP contribution in [-0.2, 0) is 16.0 Å². The zero-order chi connectivity index (χ0) is 14.3. The smallest absolute Gasteiger partial charge is 0.306 e. The van der Waals surface area contributed by atoms with Gasteiger partial charge in [-0.25, -0.2) is 0 Å². The first-order chi connectivity index (χ1) is 9.06. The van der Waals surface area contributed by atoms with Crippen molar-refractivity contribution in [2.75, 3.05) is 34.4 Å². The van der Waals surface area contributed by atoms with E-state index in [1.165, 1.54) is 18.2 Å². The summed E-state index contributed by atoms with van der Waals surface area (Å²) >= 11 is 0. The first-order valence-electron chi connectivity index (χ1n) is 6.45. The maximum Gasteiger partial charge on any atom is 0.306 e. The van der Waals surface area contributed by atoms with Gasteiger partial charge in [0.15, 0.2) is 0 Å². The number of likely N-dealkylation sites (N-methyl/N-ethyl adjacent to an activating group) is 1. The number of hydrogen-bond acceptors (Lipinski definition) is 4. The van der Waals surface area contributed by atoms with E-state index in [9.17, 15) is 4.79 Å². The molecule has 0 N–H and O–H groups in total. The van der Waals surface area contributed by atoms with Gasteiger partial charge in [0, 0.05) is 13.1 Å². The number of esters is 1. The largest absolute Gasteiger partial charge is 0.496 e. The monoisotopic (exact) mass is 265 g/mol. The average Bonchev–Trinajstić information content (AvgIpc) is 2.42. The van der Waals surface area contributed by atoms with Crippen molar-refractivity contribution in [3.63, 3.8) is 0 Å². The summed E-state index contributed by atoms with van der Waals surface area (Å²) < 4.78 is 9.99. The van der Waals surface area contributed by atoms with Gasteiger partial charge in [-0.15, -0.1) is 0 Å². The Labute approximate surface area is 115 Å². The second-order valence-electron chi connectivity index (χ2n) is 4.69. The highest BCUT2D eigenvalue weighted by atomic mass is 16.5. The van der Waals surface area contributed by atoms with Crippen molar-refractivity contribution in [1.29, 1.82) is 0 Å². The normalized spacial score (nSPS) is 10.6.